The van der Waals surface area contributed by atoms with E-state index in [0.29, 0.717) is 10.7 Å². The van der Waals surface area contributed by atoms with E-state index in [2.05, 4.69) is 0 Å². The summed E-state index contributed by atoms with van der Waals surface area (Å²) in [7, 11) is 1.43. The Morgan fingerprint density at radius 3 is 2.26 bits per heavy atom. The molecule has 0 aliphatic rings. The number of aromatic nitrogens is 2. The fourth-order valence-corrected chi connectivity index (χ4v) is 1.99. The van der Waals surface area contributed by atoms with Gasteiger partial charge in [-0.1, -0.05) is 23.2 Å². The minimum atomic E-state index is -0.494. The lowest BCUT2D eigenvalue weighted by molar-refractivity contribution is 0.815. The molecule has 0 bridgehead atoms. The van der Waals surface area contributed by atoms with Crippen LogP contribution in [0.4, 0.5) is 0 Å². The maximum atomic E-state index is 12.1. The smallest absolute Gasteiger partial charge is 0.285 e. The Kier molecular flexibility index (Phi) is 3.35. The third-order valence-electron chi connectivity index (χ3n) is 2.63. The molecule has 1 aromatic heterocycles. The average molecular weight is 293 g/mol. The van der Waals surface area contributed by atoms with Gasteiger partial charge in [0.1, 0.15) is 12.1 Å². The van der Waals surface area contributed by atoms with Crippen LogP contribution in [0.15, 0.2) is 23.0 Å². The number of rotatable bonds is 1. The normalized spacial score (nSPS) is 9.95. The molecule has 0 saturated carbocycles. The van der Waals surface area contributed by atoms with Gasteiger partial charge in [-0.3, -0.25) is 9.13 Å². The highest BCUT2D eigenvalue weighted by molar-refractivity contribution is 6.42. The second kappa shape index (κ2) is 4.81. The molecule has 0 N–H and O–H groups in total. The van der Waals surface area contributed by atoms with Crippen molar-refractivity contribution in [1.29, 1.82) is 10.5 Å². The highest BCUT2D eigenvalue weighted by Gasteiger charge is 2.19. The van der Waals surface area contributed by atoms with Crippen molar-refractivity contribution in [2.45, 2.75) is 0 Å². The van der Waals surface area contributed by atoms with Gasteiger partial charge >= 0.3 is 5.69 Å². The molecule has 1 aromatic carbocycles. The number of hydrogen-bond donors (Lipinski definition) is 0. The van der Waals surface area contributed by atoms with Crippen LogP contribution in [0.1, 0.15) is 11.4 Å². The minimum Gasteiger partial charge on any atom is -0.285 e. The maximum absolute atomic E-state index is 12.1. The fourth-order valence-electron chi connectivity index (χ4n) is 1.70. The average Bonchev–Trinajstić information content (AvgIpc) is 2.64. The molecule has 0 spiro atoms. The third-order valence-corrected chi connectivity index (χ3v) is 3.37. The van der Waals surface area contributed by atoms with Gasteiger partial charge < -0.3 is 0 Å². The largest absolute Gasteiger partial charge is 0.334 e. The molecule has 2 rings (SSSR count). The second-order valence-electron chi connectivity index (χ2n) is 3.70. The van der Waals surface area contributed by atoms with E-state index in [-0.39, 0.29) is 16.4 Å². The molecular formula is C12H6Cl2N4O. The van der Waals surface area contributed by atoms with Crippen LogP contribution in [0.25, 0.3) is 5.69 Å². The van der Waals surface area contributed by atoms with Gasteiger partial charge in [-0.2, -0.15) is 10.5 Å². The number of benzene rings is 1. The first-order valence-corrected chi connectivity index (χ1v) is 5.84. The van der Waals surface area contributed by atoms with Gasteiger partial charge in [0.25, 0.3) is 0 Å². The van der Waals surface area contributed by atoms with Gasteiger partial charge in [0.15, 0.2) is 11.4 Å². The molecule has 0 aliphatic carbocycles. The predicted molar refractivity (Wildman–Crippen MR) is 70.5 cm³/mol. The van der Waals surface area contributed by atoms with E-state index in [9.17, 15) is 4.79 Å². The van der Waals surface area contributed by atoms with Crippen LogP contribution in [0.3, 0.4) is 0 Å². The molecule has 0 unspecified atom stereocenters. The number of imidazole rings is 1. The fraction of sp³-hybridized carbons (Fsp3) is 0.0833. The van der Waals surface area contributed by atoms with E-state index in [4.69, 9.17) is 33.7 Å². The lowest BCUT2D eigenvalue weighted by Gasteiger charge is -2.04. The first-order chi connectivity index (χ1) is 9.01. The minimum absolute atomic E-state index is 0.00132. The molecule has 0 atom stereocenters. The summed E-state index contributed by atoms with van der Waals surface area (Å²) in [4.78, 5) is 12.1. The molecule has 94 valence electrons. The van der Waals surface area contributed by atoms with Crippen LogP contribution >= 0.6 is 23.2 Å². The lowest BCUT2D eigenvalue weighted by Crippen LogP contribution is -2.21. The topological polar surface area (TPSA) is 74.5 Å². The molecule has 0 fully saturated rings. The van der Waals surface area contributed by atoms with Crippen molar-refractivity contribution in [3.05, 3.63) is 50.1 Å². The van der Waals surface area contributed by atoms with Crippen LogP contribution in [-0.2, 0) is 7.05 Å². The van der Waals surface area contributed by atoms with Crippen molar-refractivity contribution in [1.82, 2.24) is 9.13 Å². The zero-order chi connectivity index (χ0) is 14.2. The van der Waals surface area contributed by atoms with E-state index in [1.54, 1.807) is 6.07 Å². The summed E-state index contributed by atoms with van der Waals surface area (Å²) in [6.07, 6.45) is 0. The van der Waals surface area contributed by atoms with Crippen molar-refractivity contribution in [2.75, 3.05) is 0 Å². The second-order valence-corrected chi connectivity index (χ2v) is 4.51. The Morgan fingerprint density at radius 2 is 1.74 bits per heavy atom. The summed E-state index contributed by atoms with van der Waals surface area (Å²) in [6.45, 7) is 0. The SMILES string of the molecule is Cn1c(C#N)c(C#N)n(-c2ccc(Cl)c(Cl)c2)c1=O. The first-order valence-electron chi connectivity index (χ1n) is 5.08. The zero-order valence-corrected chi connectivity index (χ0v) is 11.2. The van der Waals surface area contributed by atoms with E-state index in [1.165, 1.54) is 19.2 Å². The van der Waals surface area contributed by atoms with Crippen LogP contribution in [0.5, 0.6) is 0 Å². The molecule has 0 saturated heterocycles. The Bertz CT molecular complexity index is 805. The quantitative estimate of drug-likeness (QED) is 0.809. The van der Waals surface area contributed by atoms with Crippen molar-refractivity contribution in [3.8, 4) is 17.8 Å². The molecule has 5 nitrogen and oxygen atoms in total. The van der Waals surface area contributed by atoms with E-state index in [0.717, 1.165) is 9.13 Å². The summed E-state index contributed by atoms with van der Waals surface area (Å²) < 4.78 is 2.24. The van der Waals surface area contributed by atoms with E-state index < -0.39 is 5.69 Å². The summed E-state index contributed by atoms with van der Waals surface area (Å²) in [5.41, 5.74) is -0.147. The molecule has 19 heavy (non-hydrogen) atoms. The molecule has 2 aromatic rings. The van der Waals surface area contributed by atoms with Crippen LogP contribution in [-0.4, -0.2) is 9.13 Å². The van der Waals surface area contributed by atoms with Gasteiger partial charge in [-0.05, 0) is 18.2 Å². The zero-order valence-electron chi connectivity index (χ0n) is 9.69. The monoisotopic (exact) mass is 292 g/mol. The number of nitrogens with zero attached hydrogens (tertiary/aromatic N) is 4. The van der Waals surface area contributed by atoms with Gasteiger partial charge in [-0.15, -0.1) is 0 Å². The third kappa shape index (κ3) is 2.00. The number of halogens is 2. The molecule has 0 aliphatic heterocycles. The lowest BCUT2D eigenvalue weighted by atomic mass is 10.3. The van der Waals surface area contributed by atoms with Gasteiger partial charge in [0.05, 0.1) is 15.7 Å². The van der Waals surface area contributed by atoms with Crippen molar-refractivity contribution in [2.24, 2.45) is 7.05 Å². The molecule has 0 radical (unpaired) electrons. The van der Waals surface area contributed by atoms with Crippen molar-refractivity contribution >= 4 is 23.2 Å². The Morgan fingerprint density at radius 1 is 1.11 bits per heavy atom. The van der Waals surface area contributed by atoms with Gasteiger partial charge in [0, 0.05) is 7.05 Å². The van der Waals surface area contributed by atoms with Crippen LogP contribution < -0.4 is 5.69 Å². The number of nitriles is 2. The van der Waals surface area contributed by atoms with Crippen LogP contribution in [0, 0.1) is 22.7 Å². The summed E-state index contributed by atoms with van der Waals surface area (Å²) in [5.74, 6) is 0. The molecule has 1 heterocycles. The molecule has 7 heteroatoms. The number of hydrogen-bond acceptors (Lipinski definition) is 3. The van der Waals surface area contributed by atoms with Crippen molar-refractivity contribution < 1.29 is 0 Å². The summed E-state index contributed by atoms with van der Waals surface area (Å²) in [5, 5.41) is 18.7. The van der Waals surface area contributed by atoms with Gasteiger partial charge in [-0.25, -0.2) is 4.79 Å². The summed E-state index contributed by atoms with van der Waals surface area (Å²) >= 11 is 11.7. The van der Waals surface area contributed by atoms with Crippen LogP contribution in [0.2, 0.25) is 10.0 Å². The highest BCUT2D eigenvalue weighted by atomic mass is 35.5. The molecular weight excluding hydrogens is 287 g/mol. The van der Waals surface area contributed by atoms with E-state index in [1.807, 2.05) is 12.1 Å². The highest BCUT2D eigenvalue weighted by Crippen LogP contribution is 2.24. The first kappa shape index (κ1) is 13.2. The predicted octanol–water partition coefficient (Wildman–Crippen LogP) is 2.23. The Labute approximate surface area is 118 Å². The summed E-state index contributed by atoms with van der Waals surface area (Å²) in [6, 6.07) is 8.22. The molecule has 0 amide bonds. The van der Waals surface area contributed by atoms with E-state index >= 15 is 0 Å². The standard InChI is InChI=1S/C12H6Cl2N4O/c1-17-10(5-15)11(6-16)18(12(17)19)7-2-3-8(13)9(14)4-7/h2-4H,1H3. The van der Waals surface area contributed by atoms with Crippen molar-refractivity contribution in [3.63, 3.8) is 0 Å². The Balaban J connectivity index is 2.84. The van der Waals surface area contributed by atoms with Gasteiger partial charge in [0.2, 0.25) is 0 Å². The Hall–Kier alpha value is -2.21. The maximum Gasteiger partial charge on any atom is 0.334 e.